The first-order valence-electron chi connectivity index (χ1n) is 7.19. The van der Waals surface area contributed by atoms with Gasteiger partial charge in [-0.2, -0.15) is 0 Å². The summed E-state index contributed by atoms with van der Waals surface area (Å²) < 4.78 is 14.5. The highest BCUT2D eigenvalue weighted by atomic mass is 19.1. The van der Waals surface area contributed by atoms with Crippen LogP contribution in [-0.4, -0.2) is 17.6 Å². The summed E-state index contributed by atoms with van der Waals surface area (Å²) in [6, 6.07) is 5.54. The van der Waals surface area contributed by atoms with Crippen molar-refractivity contribution in [2.75, 3.05) is 17.2 Å². The molecule has 106 valence electrons. The normalized spacial score (nSPS) is 19.2. The van der Waals surface area contributed by atoms with E-state index in [-0.39, 0.29) is 5.82 Å². The van der Waals surface area contributed by atoms with Gasteiger partial charge in [-0.3, -0.25) is 4.98 Å². The lowest BCUT2D eigenvalue weighted by atomic mass is 10.0. The predicted molar refractivity (Wildman–Crippen MR) is 81.3 cm³/mol. The fourth-order valence-corrected chi connectivity index (χ4v) is 3.26. The third kappa shape index (κ3) is 1.99. The minimum atomic E-state index is -0.263. The Bertz CT molecular complexity index is 639. The van der Waals surface area contributed by atoms with Crippen LogP contribution in [0.1, 0.15) is 26.7 Å². The lowest BCUT2D eigenvalue weighted by Gasteiger charge is -2.30. The van der Waals surface area contributed by atoms with Gasteiger partial charge in [0.25, 0.3) is 0 Å². The molecule has 0 spiro atoms. The standard InChI is InChI=1S/C16H20FN3/c1-10(2)14-6-4-8-20(14)16-12(17)9-13(18)11-5-3-7-19-15(11)16/h3,5,7,9-10,14H,4,6,8,18H2,1-2H3. The second-order valence-corrected chi connectivity index (χ2v) is 5.84. The van der Waals surface area contributed by atoms with E-state index in [1.807, 2.05) is 12.1 Å². The van der Waals surface area contributed by atoms with Crippen molar-refractivity contribution in [3.63, 3.8) is 0 Å². The van der Waals surface area contributed by atoms with Crippen molar-refractivity contribution in [2.24, 2.45) is 5.92 Å². The molecule has 1 atom stereocenters. The number of aromatic nitrogens is 1. The van der Waals surface area contributed by atoms with E-state index in [2.05, 4.69) is 23.7 Å². The fraction of sp³-hybridized carbons (Fsp3) is 0.438. The SMILES string of the molecule is CC(C)C1CCCN1c1c(F)cc(N)c2cccnc12. The number of hydrogen-bond donors (Lipinski definition) is 1. The van der Waals surface area contributed by atoms with Gasteiger partial charge >= 0.3 is 0 Å². The molecule has 0 amide bonds. The smallest absolute Gasteiger partial charge is 0.150 e. The topological polar surface area (TPSA) is 42.1 Å². The van der Waals surface area contributed by atoms with Crippen molar-refractivity contribution < 1.29 is 4.39 Å². The molecule has 0 aliphatic carbocycles. The number of halogens is 1. The third-order valence-electron chi connectivity index (χ3n) is 4.21. The van der Waals surface area contributed by atoms with Crippen LogP contribution in [0.4, 0.5) is 15.8 Å². The lowest BCUT2D eigenvalue weighted by molar-refractivity contribution is 0.486. The van der Waals surface area contributed by atoms with E-state index >= 15 is 0 Å². The first-order chi connectivity index (χ1) is 9.59. The van der Waals surface area contributed by atoms with Crippen LogP contribution in [-0.2, 0) is 0 Å². The quantitative estimate of drug-likeness (QED) is 0.850. The first-order valence-corrected chi connectivity index (χ1v) is 7.19. The predicted octanol–water partition coefficient (Wildman–Crippen LogP) is 3.58. The summed E-state index contributed by atoms with van der Waals surface area (Å²) in [5.41, 5.74) is 7.67. The van der Waals surface area contributed by atoms with Crippen molar-refractivity contribution in [1.29, 1.82) is 0 Å². The van der Waals surface area contributed by atoms with Crippen molar-refractivity contribution in [3.05, 3.63) is 30.2 Å². The molecule has 1 aromatic heterocycles. The molecule has 1 saturated heterocycles. The molecule has 20 heavy (non-hydrogen) atoms. The van der Waals surface area contributed by atoms with E-state index < -0.39 is 0 Å². The fourth-order valence-electron chi connectivity index (χ4n) is 3.26. The van der Waals surface area contributed by atoms with Gasteiger partial charge in [-0.1, -0.05) is 13.8 Å². The highest BCUT2D eigenvalue weighted by Crippen LogP contribution is 2.37. The molecule has 1 fully saturated rings. The summed E-state index contributed by atoms with van der Waals surface area (Å²) in [6.45, 7) is 5.26. The largest absolute Gasteiger partial charge is 0.398 e. The number of hydrogen-bond acceptors (Lipinski definition) is 3. The van der Waals surface area contributed by atoms with Crippen molar-refractivity contribution in [2.45, 2.75) is 32.7 Å². The molecular formula is C16H20FN3. The van der Waals surface area contributed by atoms with Crippen LogP contribution in [0.25, 0.3) is 10.9 Å². The average molecular weight is 273 g/mol. The van der Waals surface area contributed by atoms with Gasteiger partial charge in [0.2, 0.25) is 0 Å². The minimum absolute atomic E-state index is 0.263. The Kier molecular flexibility index (Phi) is 3.24. The summed E-state index contributed by atoms with van der Waals surface area (Å²) in [4.78, 5) is 6.55. The molecule has 1 aliphatic heterocycles. The van der Waals surface area contributed by atoms with Gasteiger partial charge in [0.05, 0.1) is 5.52 Å². The summed E-state index contributed by atoms with van der Waals surface area (Å²) in [5.74, 6) is 0.231. The monoisotopic (exact) mass is 273 g/mol. The number of rotatable bonds is 2. The van der Waals surface area contributed by atoms with E-state index in [0.717, 1.165) is 24.8 Å². The Morgan fingerprint density at radius 1 is 1.45 bits per heavy atom. The molecule has 1 aromatic carbocycles. The zero-order chi connectivity index (χ0) is 14.3. The van der Waals surface area contributed by atoms with Crippen molar-refractivity contribution in [1.82, 2.24) is 4.98 Å². The molecular weight excluding hydrogens is 253 g/mol. The summed E-state index contributed by atoms with van der Waals surface area (Å²) in [7, 11) is 0. The van der Waals surface area contributed by atoms with Gasteiger partial charge in [0, 0.05) is 29.9 Å². The zero-order valence-electron chi connectivity index (χ0n) is 11.9. The van der Waals surface area contributed by atoms with Crippen LogP contribution < -0.4 is 10.6 Å². The Morgan fingerprint density at radius 3 is 3.00 bits per heavy atom. The molecule has 2 heterocycles. The minimum Gasteiger partial charge on any atom is -0.398 e. The average Bonchev–Trinajstić information content (AvgIpc) is 2.88. The number of nitrogens with two attached hydrogens (primary N) is 1. The van der Waals surface area contributed by atoms with Crippen molar-refractivity contribution >= 4 is 22.3 Å². The van der Waals surface area contributed by atoms with Gasteiger partial charge in [-0.15, -0.1) is 0 Å². The molecule has 3 nitrogen and oxygen atoms in total. The second kappa shape index (κ2) is 4.93. The van der Waals surface area contributed by atoms with E-state index in [9.17, 15) is 4.39 Å². The van der Waals surface area contributed by atoms with Crippen molar-refractivity contribution in [3.8, 4) is 0 Å². The summed E-state index contributed by atoms with van der Waals surface area (Å²) >= 11 is 0. The second-order valence-electron chi connectivity index (χ2n) is 5.84. The maximum absolute atomic E-state index is 14.5. The van der Waals surface area contributed by atoms with Crippen LogP contribution in [0.5, 0.6) is 0 Å². The number of pyridine rings is 1. The maximum Gasteiger partial charge on any atom is 0.150 e. The number of anilines is 2. The molecule has 4 heteroatoms. The van der Waals surface area contributed by atoms with Gasteiger partial charge in [0.1, 0.15) is 5.69 Å². The molecule has 0 radical (unpaired) electrons. The Balaban J connectivity index is 2.20. The third-order valence-corrected chi connectivity index (χ3v) is 4.21. The Hall–Kier alpha value is -1.84. The number of benzene rings is 1. The maximum atomic E-state index is 14.5. The van der Waals surface area contributed by atoms with E-state index in [0.29, 0.717) is 28.9 Å². The summed E-state index contributed by atoms with van der Waals surface area (Å²) in [6.07, 6.45) is 3.90. The van der Waals surface area contributed by atoms with Crippen LogP contribution in [0.15, 0.2) is 24.4 Å². The van der Waals surface area contributed by atoms with Gasteiger partial charge < -0.3 is 10.6 Å². The van der Waals surface area contributed by atoms with Crippen LogP contribution in [0, 0.1) is 11.7 Å². The van der Waals surface area contributed by atoms with Gasteiger partial charge in [-0.25, -0.2) is 4.39 Å². The van der Waals surface area contributed by atoms with Crippen LogP contribution >= 0.6 is 0 Å². The highest BCUT2D eigenvalue weighted by molar-refractivity contribution is 5.99. The molecule has 1 unspecified atom stereocenters. The highest BCUT2D eigenvalue weighted by Gasteiger charge is 2.30. The molecule has 2 aromatic rings. The number of fused-ring (bicyclic) bond motifs is 1. The molecule has 3 rings (SSSR count). The van der Waals surface area contributed by atoms with Crippen LogP contribution in [0.3, 0.4) is 0 Å². The zero-order valence-corrected chi connectivity index (χ0v) is 11.9. The van der Waals surface area contributed by atoms with Crippen LogP contribution in [0.2, 0.25) is 0 Å². The molecule has 1 aliphatic rings. The van der Waals surface area contributed by atoms with E-state index in [1.54, 1.807) is 6.20 Å². The van der Waals surface area contributed by atoms with Gasteiger partial charge in [-0.05, 0) is 37.0 Å². The Morgan fingerprint density at radius 2 is 2.25 bits per heavy atom. The molecule has 0 saturated carbocycles. The van der Waals surface area contributed by atoms with E-state index in [4.69, 9.17) is 5.73 Å². The summed E-state index contributed by atoms with van der Waals surface area (Å²) in [5, 5.41) is 0.832. The molecule has 2 N–H and O–H groups in total. The van der Waals surface area contributed by atoms with Gasteiger partial charge in [0.15, 0.2) is 5.82 Å². The Labute approximate surface area is 118 Å². The molecule has 0 bridgehead atoms. The van der Waals surface area contributed by atoms with E-state index in [1.165, 1.54) is 6.07 Å². The first kappa shape index (κ1) is 13.2. The number of nitrogens with zero attached hydrogens (tertiary/aromatic N) is 2. The number of nitrogen functional groups attached to an aromatic ring is 1. The lowest BCUT2D eigenvalue weighted by Crippen LogP contribution is -2.34.